The van der Waals surface area contributed by atoms with Crippen LogP contribution in [0.1, 0.15) is 23.2 Å². The van der Waals surface area contributed by atoms with Crippen molar-refractivity contribution in [2.24, 2.45) is 17.6 Å². The van der Waals surface area contributed by atoms with Gasteiger partial charge in [-0.3, -0.25) is 19.7 Å². The third kappa shape index (κ3) is 2.85. The second-order valence-electron chi connectivity index (χ2n) is 5.65. The molecule has 128 valence electrons. The summed E-state index contributed by atoms with van der Waals surface area (Å²) in [6.07, 6.45) is 0.367. The van der Waals surface area contributed by atoms with Crippen LogP contribution in [-0.2, 0) is 14.3 Å². The molecule has 4 atom stereocenters. The first-order valence-electron chi connectivity index (χ1n) is 7.26. The Morgan fingerprint density at radius 2 is 1.88 bits per heavy atom. The molecule has 0 unspecified atom stereocenters. The van der Waals surface area contributed by atoms with Crippen molar-refractivity contribution in [1.82, 2.24) is 5.32 Å². The Morgan fingerprint density at radius 3 is 2.50 bits per heavy atom. The molecule has 10 heteroatoms. The van der Waals surface area contributed by atoms with Gasteiger partial charge in [-0.2, -0.15) is 0 Å². The summed E-state index contributed by atoms with van der Waals surface area (Å²) in [4.78, 5) is 46.6. The lowest BCUT2D eigenvalue weighted by molar-refractivity contribution is -0.147. The number of hydrogen-bond donors (Lipinski definition) is 4. The minimum Gasteiger partial charge on any atom is -0.481 e. The minimum absolute atomic E-state index is 0.0862. The smallest absolute Gasteiger partial charge is 0.319 e. The number of carboxylic acids is 1. The number of ether oxygens (including phenoxy) is 1. The highest BCUT2D eigenvalue weighted by atomic mass is 32.1. The number of nitrogens with one attached hydrogen (secondary N) is 2. The van der Waals surface area contributed by atoms with Crippen LogP contribution < -0.4 is 16.4 Å². The Kier molecular flexibility index (Phi) is 4.24. The lowest BCUT2D eigenvalue weighted by Gasteiger charge is -2.23. The number of urea groups is 1. The van der Waals surface area contributed by atoms with Crippen molar-refractivity contribution in [2.45, 2.75) is 25.0 Å². The van der Waals surface area contributed by atoms with E-state index in [1.807, 2.05) is 5.32 Å². The predicted octanol–water partition coefficient (Wildman–Crippen LogP) is 0.373. The second kappa shape index (κ2) is 6.21. The zero-order valence-corrected chi connectivity index (χ0v) is 13.2. The van der Waals surface area contributed by atoms with Crippen LogP contribution in [0.25, 0.3) is 0 Å². The lowest BCUT2D eigenvalue weighted by atomic mass is 9.79. The Balaban J connectivity index is 1.76. The van der Waals surface area contributed by atoms with Gasteiger partial charge in [0.1, 0.15) is 5.00 Å². The molecule has 9 nitrogen and oxygen atoms in total. The number of nitrogens with two attached hydrogens (primary N) is 1. The Labute approximate surface area is 140 Å². The van der Waals surface area contributed by atoms with Crippen molar-refractivity contribution >= 4 is 40.2 Å². The highest BCUT2D eigenvalue weighted by Gasteiger charge is 2.55. The molecule has 0 spiro atoms. The molecule has 2 bridgehead atoms. The van der Waals surface area contributed by atoms with Gasteiger partial charge in [-0.15, -0.1) is 11.3 Å². The Hall–Kier alpha value is -2.46. The van der Waals surface area contributed by atoms with E-state index in [9.17, 15) is 24.3 Å². The average Bonchev–Trinajstić information content (AvgIpc) is 3.20. The van der Waals surface area contributed by atoms with Gasteiger partial charge in [0.05, 0.1) is 29.6 Å². The standard InChI is InChI=1S/C14H15N3O6S/c15-14(22)17-10(18)5-3-4-24-12(5)16-11(19)8-6-1-2-7(23-6)9(8)13(20)21/h3-4,6-9H,1-2H2,(H,16,19)(H,20,21)(H3,15,17,18,22)/t6-,7-,8-,9-/m1/s1. The summed E-state index contributed by atoms with van der Waals surface area (Å²) in [6, 6.07) is 0.431. The average molecular weight is 353 g/mol. The van der Waals surface area contributed by atoms with Crippen molar-refractivity contribution in [3.8, 4) is 0 Å². The van der Waals surface area contributed by atoms with E-state index in [1.165, 1.54) is 6.07 Å². The Bertz CT molecular complexity index is 717. The van der Waals surface area contributed by atoms with E-state index in [-0.39, 0.29) is 10.6 Å². The van der Waals surface area contributed by atoms with E-state index in [0.29, 0.717) is 12.8 Å². The number of amides is 4. The maximum Gasteiger partial charge on any atom is 0.319 e. The molecule has 3 heterocycles. The first-order valence-corrected chi connectivity index (χ1v) is 8.14. The van der Waals surface area contributed by atoms with Crippen LogP contribution in [0.2, 0.25) is 0 Å². The van der Waals surface area contributed by atoms with E-state index in [0.717, 1.165) is 11.3 Å². The SMILES string of the molecule is NC(=O)NC(=O)c1ccsc1NC(=O)[C@H]1[C@H](C(=O)O)[C@H]2CC[C@H]1O2. The lowest BCUT2D eigenvalue weighted by Crippen LogP contribution is -2.41. The molecule has 0 aliphatic carbocycles. The maximum absolute atomic E-state index is 12.5. The highest BCUT2D eigenvalue weighted by molar-refractivity contribution is 7.14. The van der Waals surface area contributed by atoms with Gasteiger partial charge >= 0.3 is 12.0 Å². The fourth-order valence-electron chi connectivity index (χ4n) is 3.28. The van der Waals surface area contributed by atoms with Crippen molar-refractivity contribution in [2.75, 3.05) is 5.32 Å². The number of carboxylic acid groups (broad SMARTS) is 1. The number of hydrogen-bond acceptors (Lipinski definition) is 6. The van der Waals surface area contributed by atoms with Gasteiger partial charge in [0.2, 0.25) is 5.91 Å². The molecule has 0 radical (unpaired) electrons. The molecule has 2 aliphatic heterocycles. The molecule has 1 aromatic rings. The van der Waals surface area contributed by atoms with Crippen molar-refractivity contribution < 1.29 is 29.0 Å². The topological polar surface area (TPSA) is 148 Å². The van der Waals surface area contributed by atoms with Gasteiger partial charge in [0, 0.05) is 0 Å². The predicted molar refractivity (Wildman–Crippen MR) is 82.5 cm³/mol. The van der Waals surface area contributed by atoms with Crippen molar-refractivity contribution in [3.63, 3.8) is 0 Å². The fourth-order valence-corrected chi connectivity index (χ4v) is 4.07. The largest absolute Gasteiger partial charge is 0.481 e. The van der Waals surface area contributed by atoms with E-state index < -0.39 is 47.9 Å². The highest BCUT2D eigenvalue weighted by Crippen LogP contribution is 2.44. The van der Waals surface area contributed by atoms with Gasteiger partial charge in [-0.1, -0.05) is 0 Å². The summed E-state index contributed by atoms with van der Waals surface area (Å²) in [5.41, 5.74) is 4.99. The molecule has 24 heavy (non-hydrogen) atoms. The zero-order chi connectivity index (χ0) is 17.4. The van der Waals surface area contributed by atoms with Crippen LogP contribution in [0.15, 0.2) is 11.4 Å². The normalized spacial score (nSPS) is 27.7. The zero-order valence-electron chi connectivity index (χ0n) is 12.4. The van der Waals surface area contributed by atoms with Crippen LogP contribution >= 0.6 is 11.3 Å². The molecule has 5 N–H and O–H groups in total. The number of imide groups is 1. The molecule has 2 fully saturated rings. The summed E-state index contributed by atoms with van der Waals surface area (Å²) in [5, 5.41) is 15.6. The third-order valence-electron chi connectivity index (χ3n) is 4.24. The second-order valence-corrected chi connectivity index (χ2v) is 6.57. The summed E-state index contributed by atoms with van der Waals surface area (Å²) in [5.74, 6) is -4.02. The molecular weight excluding hydrogens is 338 g/mol. The number of carbonyl (C=O) groups is 4. The van der Waals surface area contributed by atoms with E-state index in [2.05, 4.69) is 5.32 Å². The number of fused-ring (bicyclic) bond motifs is 2. The van der Waals surface area contributed by atoms with Gasteiger partial charge in [-0.05, 0) is 24.3 Å². The molecule has 0 aromatic carbocycles. The number of carbonyl (C=O) groups excluding carboxylic acids is 3. The monoisotopic (exact) mass is 353 g/mol. The number of thiophene rings is 1. The number of primary amides is 1. The summed E-state index contributed by atoms with van der Waals surface area (Å²) in [7, 11) is 0. The van der Waals surface area contributed by atoms with Crippen LogP contribution in [0.4, 0.5) is 9.80 Å². The molecular formula is C14H15N3O6S. The van der Waals surface area contributed by atoms with Gasteiger partial charge in [0.15, 0.2) is 0 Å². The molecule has 0 saturated carbocycles. The molecule has 2 saturated heterocycles. The Morgan fingerprint density at radius 1 is 1.21 bits per heavy atom. The van der Waals surface area contributed by atoms with Crippen LogP contribution in [-0.4, -0.2) is 41.1 Å². The van der Waals surface area contributed by atoms with Gasteiger partial charge < -0.3 is 20.9 Å². The third-order valence-corrected chi connectivity index (χ3v) is 5.07. The number of anilines is 1. The fraction of sp³-hybridized carbons (Fsp3) is 0.429. The number of rotatable bonds is 4. The summed E-state index contributed by atoms with van der Waals surface area (Å²) in [6.45, 7) is 0. The van der Waals surface area contributed by atoms with Gasteiger partial charge in [0.25, 0.3) is 5.91 Å². The summed E-state index contributed by atoms with van der Waals surface area (Å²) >= 11 is 1.09. The first-order chi connectivity index (χ1) is 11.4. The molecule has 3 rings (SSSR count). The molecule has 4 amide bonds. The van der Waals surface area contributed by atoms with Gasteiger partial charge in [-0.25, -0.2) is 4.79 Å². The quantitative estimate of drug-likeness (QED) is 0.615. The first kappa shape index (κ1) is 16.4. The van der Waals surface area contributed by atoms with Crippen LogP contribution in [0, 0.1) is 11.8 Å². The van der Waals surface area contributed by atoms with E-state index in [4.69, 9.17) is 10.5 Å². The number of aliphatic carboxylic acids is 1. The van der Waals surface area contributed by atoms with Crippen LogP contribution in [0.3, 0.4) is 0 Å². The van der Waals surface area contributed by atoms with E-state index >= 15 is 0 Å². The van der Waals surface area contributed by atoms with E-state index in [1.54, 1.807) is 5.38 Å². The minimum atomic E-state index is -1.07. The van der Waals surface area contributed by atoms with Crippen LogP contribution in [0.5, 0.6) is 0 Å². The molecule has 1 aromatic heterocycles. The maximum atomic E-state index is 12.5. The summed E-state index contributed by atoms with van der Waals surface area (Å²) < 4.78 is 5.55. The van der Waals surface area contributed by atoms with Crippen molar-refractivity contribution in [1.29, 1.82) is 0 Å². The molecule has 2 aliphatic rings. The van der Waals surface area contributed by atoms with Crippen molar-refractivity contribution in [3.05, 3.63) is 17.0 Å².